The second-order valence-corrected chi connectivity index (χ2v) is 5.71. The number of Topliss-reactive ketones (excluding diaryl/α,β-unsaturated/α-hetero) is 1. The van der Waals surface area contributed by atoms with Crippen LogP contribution in [0, 0.1) is 16.4 Å². The van der Waals surface area contributed by atoms with E-state index in [0.29, 0.717) is 5.78 Å². The van der Waals surface area contributed by atoms with Crippen LogP contribution in [0.3, 0.4) is 0 Å². The van der Waals surface area contributed by atoms with Gasteiger partial charge < -0.3 is 0 Å². The van der Waals surface area contributed by atoms with Crippen LogP contribution in [0.4, 0.5) is 0 Å². The molecule has 0 bridgehead atoms. The molecule has 0 heterocycles. The van der Waals surface area contributed by atoms with Crippen molar-refractivity contribution >= 4 is 28.4 Å². The van der Waals surface area contributed by atoms with E-state index in [1.807, 2.05) is 12.1 Å². The van der Waals surface area contributed by atoms with Gasteiger partial charge in [0.15, 0.2) is 5.78 Å². The summed E-state index contributed by atoms with van der Waals surface area (Å²) >= 11 is 2.30. The number of hydrogen-bond donors (Lipinski definition) is 0. The molecule has 1 aliphatic carbocycles. The van der Waals surface area contributed by atoms with Crippen molar-refractivity contribution in [2.45, 2.75) is 39.0 Å². The Bertz CT molecular complexity index is 392. The zero-order valence-electron chi connectivity index (χ0n) is 9.63. The molecule has 1 nitrogen and oxygen atoms in total. The van der Waals surface area contributed by atoms with Gasteiger partial charge in [0.1, 0.15) is 0 Å². The Hall–Kier alpha value is -0.380. The van der Waals surface area contributed by atoms with E-state index >= 15 is 0 Å². The molecule has 0 amide bonds. The fourth-order valence-electron chi connectivity index (χ4n) is 2.42. The van der Waals surface area contributed by atoms with E-state index in [2.05, 4.69) is 35.6 Å². The van der Waals surface area contributed by atoms with Gasteiger partial charge in [0, 0.05) is 15.1 Å². The molecular formula is C14H17IO. The molecule has 0 N–H and O–H groups in total. The lowest BCUT2D eigenvalue weighted by Gasteiger charge is -2.21. The molecule has 0 saturated heterocycles. The van der Waals surface area contributed by atoms with Crippen molar-refractivity contribution < 1.29 is 4.79 Å². The van der Waals surface area contributed by atoms with Crippen molar-refractivity contribution in [3.05, 3.63) is 32.9 Å². The number of aryl methyl sites for hydroxylation is 1. The third-order valence-corrected chi connectivity index (χ3v) is 4.87. The summed E-state index contributed by atoms with van der Waals surface area (Å²) in [5.41, 5.74) is 2.15. The summed E-state index contributed by atoms with van der Waals surface area (Å²) < 4.78 is 1.13. The van der Waals surface area contributed by atoms with Crippen molar-refractivity contribution in [1.82, 2.24) is 0 Å². The number of benzene rings is 1. The summed E-state index contributed by atoms with van der Waals surface area (Å²) in [7, 11) is 0. The molecule has 86 valence electrons. The Morgan fingerprint density at radius 1 is 1.25 bits per heavy atom. The Labute approximate surface area is 111 Å². The first-order chi connectivity index (χ1) is 7.70. The second kappa shape index (κ2) is 5.30. The molecule has 2 heteroatoms. The van der Waals surface area contributed by atoms with Crippen molar-refractivity contribution in [1.29, 1.82) is 0 Å². The lowest BCUT2D eigenvalue weighted by Crippen LogP contribution is -2.19. The summed E-state index contributed by atoms with van der Waals surface area (Å²) in [6.07, 6.45) is 5.91. The predicted octanol–water partition coefficient (Wildman–Crippen LogP) is 4.36. The van der Waals surface area contributed by atoms with E-state index in [9.17, 15) is 4.79 Å². The van der Waals surface area contributed by atoms with Gasteiger partial charge in [-0.3, -0.25) is 4.79 Å². The third kappa shape index (κ3) is 2.47. The Balaban J connectivity index is 2.22. The predicted molar refractivity (Wildman–Crippen MR) is 74.8 cm³/mol. The van der Waals surface area contributed by atoms with Gasteiger partial charge in [-0.05, 0) is 47.9 Å². The minimum atomic E-state index is 0.282. The monoisotopic (exact) mass is 328 g/mol. The van der Waals surface area contributed by atoms with E-state index in [4.69, 9.17) is 0 Å². The zero-order valence-corrected chi connectivity index (χ0v) is 11.8. The smallest absolute Gasteiger partial charge is 0.167 e. The normalized spacial score (nSPS) is 17.4. The highest BCUT2D eigenvalue weighted by atomic mass is 127. The standard InChI is InChI=1S/C14H17IO/c1-10-6-5-9-12(13(10)15)14(16)11-7-3-2-4-8-11/h5-6,9,11H,2-4,7-8H2,1H3. The largest absolute Gasteiger partial charge is 0.294 e. The molecule has 1 fully saturated rings. The molecule has 0 radical (unpaired) electrons. The Kier molecular flexibility index (Phi) is 4.00. The van der Waals surface area contributed by atoms with Gasteiger partial charge in [0.05, 0.1) is 0 Å². The number of hydrogen-bond acceptors (Lipinski definition) is 1. The summed E-state index contributed by atoms with van der Waals surface area (Å²) in [5, 5.41) is 0. The number of carbonyl (C=O) groups excluding carboxylic acids is 1. The van der Waals surface area contributed by atoms with Crippen LogP contribution in [0.1, 0.15) is 48.0 Å². The van der Waals surface area contributed by atoms with Gasteiger partial charge in [0.2, 0.25) is 0 Å². The fraction of sp³-hybridized carbons (Fsp3) is 0.500. The first kappa shape index (κ1) is 12.1. The Morgan fingerprint density at radius 2 is 1.94 bits per heavy atom. The molecule has 1 aromatic carbocycles. The molecule has 0 aromatic heterocycles. The van der Waals surface area contributed by atoms with E-state index in [-0.39, 0.29) is 5.92 Å². The average Bonchev–Trinajstić information content (AvgIpc) is 2.33. The SMILES string of the molecule is Cc1cccc(C(=O)C2CCCCC2)c1I. The molecule has 0 unspecified atom stereocenters. The van der Waals surface area contributed by atoms with Gasteiger partial charge in [-0.15, -0.1) is 0 Å². The van der Waals surface area contributed by atoms with Gasteiger partial charge in [0.25, 0.3) is 0 Å². The first-order valence-electron chi connectivity index (χ1n) is 5.99. The minimum Gasteiger partial charge on any atom is -0.294 e. The summed E-state index contributed by atoms with van der Waals surface area (Å²) in [6, 6.07) is 6.04. The molecule has 1 aliphatic rings. The number of rotatable bonds is 2. The van der Waals surface area contributed by atoms with Crippen LogP contribution in [-0.2, 0) is 0 Å². The van der Waals surface area contributed by atoms with Crippen LogP contribution in [0.5, 0.6) is 0 Å². The molecular weight excluding hydrogens is 311 g/mol. The van der Waals surface area contributed by atoms with Crippen LogP contribution in [0.2, 0.25) is 0 Å². The maximum absolute atomic E-state index is 12.4. The number of halogens is 1. The van der Waals surface area contributed by atoms with Crippen LogP contribution >= 0.6 is 22.6 Å². The van der Waals surface area contributed by atoms with Crippen LogP contribution in [0.25, 0.3) is 0 Å². The van der Waals surface area contributed by atoms with E-state index in [1.165, 1.54) is 24.8 Å². The van der Waals surface area contributed by atoms with Gasteiger partial charge >= 0.3 is 0 Å². The van der Waals surface area contributed by atoms with Crippen molar-refractivity contribution in [2.24, 2.45) is 5.92 Å². The van der Waals surface area contributed by atoms with Crippen LogP contribution in [-0.4, -0.2) is 5.78 Å². The molecule has 0 atom stereocenters. The highest BCUT2D eigenvalue weighted by molar-refractivity contribution is 14.1. The maximum atomic E-state index is 12.4. The quantitative estimate of drug-likeness (QED) is 0.582. The van der Waals surface area contributed by atoms with E-state index in [1.54, 1.807) is 0 Å². The fourth-order valence-corrected chi connectivity index (χ4v) is 3.05. The molecule has 1 saturated carbocycles. The molecule has 16 heavy (non-hydrogen) atoms. The zero-order chi connectivity index (χ0) is 11.5. The van der Waals surface area contributed by atoms with Gasteiger partial charge in [-0.1, -0.05) is 37.5 Å². The van der Waals surface area contributed by atoms with Crippen LogP contribution in [0.15, 0.2) is 18.2 Å². The highest BCUT2D eigenvalue weighted by Crippen LogP contribution is 2.29. The molecule has 0 aliphatic heterocycles. The molecule has 0 spiro atoms. The topological polar surface area (TPSA) is 17.1 Å². The Morgan fingerprint density at radius 3 is 2.62 bits per heavy atom. The number of carbonyl (C=O) groups is 1. The van der Waals surface area contributed by atoms with Gasteiger partial charge in [-0.25, -0.2) is 0 Å². The average molecular weight is 328 g/mol. The molecule has 2 rings (SSSR count). The van der Waals surface area contributed by atoms with E-state index in [0.717, 1.165) is 22.0 Å². The second-order valence-electron chi connectivity index (χ2n) is 4.64. The van der Waals surface area contributed by atoms with Crippen molar-refractivity contribution in [2.75, 3.05) is 0 Å². The van der Waals surface area contributed by atoms with E-state index < -0.39 is 0 Å². The first-order valence-corrected chi connectivity index (χ1v) is 7.07. The lowest BCUT2D eigenvalue weighted by molar-refractivity contribution is 0.0888. The maximum Gasteiger partial charge on any atom is 0.167 e. The van der Waals surface area contributed by atoms with Crippen molar-refractivity contribution in [3.8, 4) is 0 Å². The van der Waals surface area contributed by atoms with Crippen molar-refractivity contribution in [3.63, 3.8) is 0 Å². The van der Waals surface area contributed by atoms with Gasteiger partial charge in [-0.2, -0.15) is 0 Å². The number of ketones is 1. The minimum absolute atomic E-state index is 0.282. The summed E-state index contributed by atoms with van der Waals surface area (Å²) in [6.45, 7) is 2.07. The summed E-state index contributed by atoms with van der Waals surface area (Å²) in [5.74, 6) is 0.650. The lowest BCUT2D eigenvalue weighted by atomic mass is 9.84. The highest BCUT2D eigenvalue weighted by Gasteiger charge is 2.23. The summed E-state index contributed by atoms with van der Waals surface area (Å²) in [4.78, 5) is 12.4. The third-order valence-electron chi connectivity index (χ3n) is 3.43. The van der Waals surface area contributed by atoms with Crippen LogP contribution < -0.4 is 0 Å². The molecule has 1 aromatic rings.